The normalized spacial score (nSPS) is 9.42. The molecule has 5 heteroatoms. The summed E-state index contributed by atoms with van der Waals surface area (Å²) in [5.74, 6) is -1.07. The number of carboxylic acids is 1. The van der Waals surface area contributed by atoms with Crippen molar-refractivity contribution in [3.63, 3.8) is 0 Å². The van der Waals surface area contributed by atoms with Crippen molar-refractivity contribution < 1.29 is 19.4 Å². The maximum absolute atomic E-state index is 10.9. The molecule has 0 amide bonds. The average Bonchev–Trinajstić information content (AvgIpc) is 2.04. The first-order chi connectivity index (χ1) is 5.65. The first-order valence-corrected chi connectivity index (χ1v) is 3.15. The Morgan fingerprint density at radius 1 is 1.67 bits per heavy atom. The highest BCUT2D eigenvalue weighted by Gasteiger charge is 2.10. The van der Waals surface area contributed by atoms with Gasteiger partial charge in [-0.05, 0) is 6.07 Å². The molecule has 1 aromatic rings. The quantitative estimate of drug-likeness (QED) is 0.500. The van der Waals surface area contributed by atoms with E-state index in [4.69, 9.17) is 5.11 Å². The van der Waals surface area contributed by atoms with Gasteiger partial charge in [-0.25, -0.2) is 4.79 Å². The number of hydrogen-bond acceptors (Lipinski definition) is 3. The molecule has 64 valence electrons. The Kier molecular flexibility index (Phi) is 2.14. The molecule has 1 rings (SSSR count). The SMILES string of the molecule is COc1ccc(C(=O)O)c[n+]1[O-]. The van der Waals surface area contributed by atoms with Gasteiger partial charge in [0.2, 0.25) is 0 Å². The Balaban J connectivity index is 3.10. The average molecular weight is 169 g/mol. The second-order valence-electron chi connectivity index (χ2n) is 2.09. The summed E-state index contributed by atoms with van der Waals surface area (Å²) in [4.78, 5) is 10.4. The van der Waals surface area contributed by atoms with E-state index in [-0.39, 0.29) is 11.4 Å². The fraction of sp³-hybridized carbons (Fsp3) is 0.143. The van der Waals surface area contributed by atoms with Gasteiger partial charge in [-0.15, -0.1) is 4.73 Å². The lowest BCUT2D eigenvalue weighted by Gasteiger charge is -2.01. The van der Waals surface area contributed by atoms with Gasteiger partial charge in [-0.1, -0.05) is 0 Å². The van der Waals surface area contributed by atoms with Gasteiger partial charge in [0.1, 0.15) is 5.56 Å². The van der Waals surface area contributed by atoms with Crippen LogP contribution >= 0.6 is 0 Å². The summed E-state index contributed by atoms with van der Waals surface area (Å²) in [7, 11) is 1.34. The molecule has 0 spiro atoms. The predicted octanol–water partition coefficient (Wildman–Crippen LogP) is 0.0268. The molecule has 0 aliphatic carbocycles. The topological polar surface area (TPSA) is 73.5 Å². The van der Waals surface area contributed by atoms with Gasteiger partial charge in [0.15, 0.2) is 6.20 Å². The minimum Gasteiger partial charge on any atom is -0.616 e. The summed E-state index contributed by atoms with van der Waals surface area (Å²) >= 11 is 0. The van der Waals surface area contributed by atoms with E-state index in [1.165, 1.54) is 19.2 Å². The molecule has 0 saturated heterocycles. The minimum atomic E-state index is -1.14. The lowest BCUT2D eigenvalue weighted by molar-refractivity contribution is -0.612. The van der Waals surface area contributed by atoms with E-state index in [1.807, 2.05) is 0 Å². The van der Waals surface area contributed by atoms with Crippen LogP contribution in [0.25, 0.3) is 0 Å². The van der Waals surface area contributed by atoms with Crippen LogP contribution in [0, 0.1) is 5.21 Å². The molecule has 0 saturated carbocycles. The Morgan fingerprint density at radius 3 is 2.75 bits per heavy atom. The summed E-state index contributed by atoms with van der Waals surface area (Å²) < 4.78 is 5.00. The van der Waals surface area contributed by atoms with Crippen molar-refractivity contribution in [3.05, 3.63) is 29.1 Å². The second kappa shape index (κ2) is 3.08. The third-order valence-electron chi connectivity index (χ3n) is 1.34. The molecule has 0 bridgehead atoms. The third kappa shape index (κ3) is 1.45. The summed E-state index contributed by atoms with van der Waals surface area (Å²) in [6, 6.07) is 2.60. The fourth-order valence-corrected chi connectivity index (χ4v) is 0.752. The molecule has 0 unspecified atom stereocenters. The second-order valence-corrected chi connectivity index (χ2v) is 2.09. The van der Waals surface area contributed by atoms with Crippen molar-refractivity contribution >= 4 is 5.97 Å². The van der Waals surface area contributed by atoms with E-state index in [0.29, 0.717) is 4.73 Å². The van der Waals surface area contributed by atoms with Crippen LogP contribution in [-0.4, -0.2) is 18.2 Å². The predicted molar refractivity (Wildman–Crippen MR) is 38.9 cm³/mol. The van der Waals surface area contributed by atoms with Crippen molar-refractivity contribution in [2.75, 3.05) is 7.11 Å². The summed E-state index contributed by atoms with van der Waals surface area (Å²) in [5, 5.41) is 19.4. The Labute approximate surface area is 68.4 Å². The first-order valence-electron chi connectivity index (χ1n) is 3.15. The van der Waals surface area contributed by atoms with Gasteiger partial charge in [0, 0.05) is 0 Å². The zero-order chi connectivity index (χ0) is 9.14. The summed E-state index contributed by atoms with van der Waals surface area (Å²) in [6.45, 7) is 0. The van der Waals surface area contributed by atoms with Crippen molar-refractivity contribution in [1.29, 1.82) is 0 Å². The zero-order valence-corrected chi connectivity index (χ0v) is 6.35. The van der Waals surface area contributed by atoms with E-state index in [9.17, 15) is 10.0 Å². The molecule has 0 aromatic carbocycles. The van der Waals surface area contributed by atoms with Crippen LogP contribution in [0.4, 0.5) is 0 Å². The summed E-state index contributed by atoms with van der Waals surface area (Å²) in [5.41, 5.74) is -0.0641. The van der Waals surface area contributed by atoms with E-state index in [2.05, 4.69) is 4.74 Å². The zero-order valence-electron chi connectivity index (χ0n) is 6.35. The number of aromatic nitrogens is 1. The van der Waals surface area contributed by atoms with Gasteiger partial charge in [-0.2, -0.15) is 0 Å². The van der Waals surface area contributed by atoms with Crippen LogP contribution in [0.1, 0.15) is 10.4 Å². The molecule has 12 heavy (non-hydrogen) atoms. The highest BCUT2D eigenvalue weighted by Crippen LogP contribution is 2.03. The third-order valence-corrected chi connectivity index (χ3v) is 1.34. The molecule has 1 aromatic heterocycles. The molecule has 1 N–H and O–H groups in total. The molecule has 0 radical (unpaired) electrons. The molecule has 0 aliphatic heterocycles. The maximum Gasteiger partial charge on any atom is 0.379 e. The fourth-order valence-electron chi connectivity index (χ4n) is 0.752. The Hall–Kier alpha value is -1.78. The van der Waals surface area contributed by atoms with E-state index in [0.717, 1.165) is 6.20 Å². The van der Waals surface area contributed by atoms with Crippen LogP contribution in [0.15, 0.2) is 18.3 Å². The van der Waals surface area contributed by atoms with Crippen molar-refractivity contribution in [1.82, 2.24) is 0 Å². The van der Waals surface area contributed by atoms with Crippen molar-refractivity contribution in [2.24, 2.45) is 0 Å². The molecule has 0 aliphatic rings. The van der Waals surface area contributed by atoms with Gasteiger partial charge < -0.3 is 15.1 Å². The highest BCUT2D eigenvalue weighted by molar-refractivity contribution is 5.86. The first kappa shape index (κ1) is 8.32. The lowest BCUT2D eigenvalue weighted by Crippen LogP contribution is -2.29. The number of nitrogens with zero attached hydrogens (tertiary/aromatic N) is 1. The Morgan fingerprint density at radius 2 is 2.33 bits per heavy atom. The lowest BCUT2D eigenvalue weighted by atomic mass is 10.3. The minimum absolute atomic E-state index is 0.0641. The maximum atomic E-state index is 10.9. The monoisotopic (exact) mass is 169 g/mol. The highest BCUT2D eigenvalue weighted by atomic mass is 16.5. The van der Waals surface area contributed by atoms with Gasteiger partial charge >= 0.3 is 11.8 Å². The number of hydrogen-bond donors (Lipinski definition) is 1. The number of methoxy groups -OCH3 is 1. The smallest absolute Gasteiger partial charge is 0.379 e. The number of ether oxygens (including phenoxy) is 1. The molecule has 0 atom stereocenters. The number of rotatable bonds is 2. The molecule has 1 heterocycles. The van der Waals surface area contributed by atoms with Crippen LogP contribution in [0.5, 0.6) is 5.88 Å². The number of carbonyl (C=O) groups is 1. The standard InChI is InChI=1S/C7H7NO4/c1-12-6-3-2-5(7(9)10)4-8(6)11/h2-4H,1H3,(H,9,10). The van der Waals surface area contributed by atoms with E-state index >= 15 is 0 Å². The summed E-state index contributed by atoms with van der Waals surface area (Å²) in [6.07, 6.45) is 0.946. The molecular weight excluding hydrogens is 162 g/mol. The van der Waals surface area contributed by atoms with Gasteiger partial charge in [0.05, 0.1) is 13.2 Å². The van der Waals surface area contributed by atoms with Crippen LogP contribution in [0.2, 0.25) is 0 Å². The molecule has 5 nitrogen and oxygen atoms in total. The van der Waals surface area contributed by atoms with Crippen LogP contribution < -0.4 is 9.47 Å². The number of carboxylic acid groups (broad SMARTS) is 1. The van der Waals surface area contributed by atoms with Crippen molar-refractivity contribution in [2.45, 2.75) is 0 Å². The number of aromatic carboxylic acids is 1. The molecule has 0 fully saturated rings. The van der Waals surface area contributed by atoms with Gasteiger partial charge in [-0.3, -0.25) is 0 Å². The van der Waals surface area contributed by atoms with E-state index in [1.54, 1.807) is 0 Å². The van der Waals surface area contributed by atoms with E-state index < -0.39 is 5.97 Å². The van der Waals surface area contributed by atoms with Crippen molar-refractivity contribution in [3.8, 4) is 5.88 Å². The number of pyridine rings is 1. The largest absolute Gasteiger partial charge is 0.616 e. The van der Waals surface area contributed by atoms with Crippen LogP contribution in [-0.2, 0) is 0 Å². The molecular formula is C7H7NO4. The van der Waals surface area contributed by atoms with Gasteiger partial charge in [0.25, 0.3) is 0 Å². The Bertz CT molecular complexity index is 310. The van der Waals surface area contributed by atoms with Crippen LogP contribution in [0.3, 0.4) is 0 Å².